The lowest BCUT2D eigenvalue weighted by atomic mass is 10.1. The van der Waals surface area contributed by atoms with Crippen LogP contribution in [0.4, 0.5) is 10.1 Å². The quantitative estimate of drug-likeness (QED) is 0.925. The van der Waals surface area contributed by atoms with Crippen LogP contribution in [0.1, 0.15) is 17.7 Å². The van der Waals surface area contributed by atoms with Crippen molar-refractivity contribution >= 4 is 17.3 Å². The smallest absolute Gasteiger partial charge is 0.269 e. The SMILES string of the molecule is O=c1cc2c(nn1Cc1cc(F)ccc1Cl)CCCN2. The van der Waals surface area contributed by atoms with Crippen LogP contribution in [0.25, 0.3) is 0 Å². The molecule has 4 nitrogen and oxygen atoms in total. The number of aryl methyl sites for hydroxylation is 1. The number of nitrogens with one attached hydrogen (secondary N) is 1. The number of hydrogen-bond acceptors (Lipinski definition) is 3. The van der Waals surface area contributed by atoms with Crippen molar-refractivity contribution in [1.82, 2.24) is 9.78 Å². The Morgan fingerprint density at radius 2 is 2.25 bits per heavy atom. The van der Waals surface area contributed by atoms with Gasteiger partial charge in [-0.15, -0.1) is 0 Å². The van der Waals surface area contributed by atoms with E-state index < -0.39 is 0 Å². The van der Waals surface area contributed by atoms with Gasteiger partial charge in [-0.25, -0.2) is 9.07 Å². The molecule has 2 heterocycles. The van der Waals surface area contributed by atoms with E-state index in [1.165, 1.54) is 28.9 Å². The fourth-order valence-corrected chi connectivity index (χ4v) is 2.46. The first-order chi connectivity index (χ1) is 9.63. The van der Waals surface area contributed by atoms with E-state index >= 15 is 0 Å². The largest absolute Gasteiger partial charge is 0.383 e. The second-order valence-electron chi connectivity index (χ2n) is 4.77. The molecule has 1 aromatic carbocycles. The predicted octanol–water partition coefficient (Wildman–Crippen LogP) is 2.44. The molecule has 1 aromatic heterocycles. The number of rotatable bonds is 2. The summed E-state index contributed by atoms with van der Waals surface area (Å²) in [7, 11) is 0. The van der Waals surface area contributed by atoms with Crippen molar-refractivity contribution in [2.24, 2.45) is 0 Å². The molecule has 0 unspecified atom stereocenters. The summed E-state index contributed by atoms with van der Waals surface area (Å²) in [4.78, 5) is 12.0. The second-order valence-corrected chi connectivity index (χ2v) is 5.17. The van der Waals surface area contributed by atoms with Crippen LogP contribution in [0, 0.1) is 5.82 Å². The molecule has 0 aliphatic carbocycles. The van der Waals surface area contributed by atoms with Gasteiger partial charge < -0.3 is 5.32 Å². The minimum absolute atomic E-state index is 0.169. The first-order valence-corrected chi connectivity index (χ1v) is 6.80. The van der Waals surface area contributed by atoms with Gasteiger partial charge in [-0.1, -0.05) is 11.6 Å². The van der Waals surface area contributed by atoms with Gasteiger partial charge in [0.15, 0.2) is 0 Å². The van der Waals surface area contributed by atoms with Crippen LogP contribution in [0.2, 0.25) is 5.02 Å². The molecule has 1 N–H and O–H groups in total. The molecule has 0 saturated carbocycles. The first-order valence-electron chi connectivity index (χ1n) is 6.42. The Morgan fingerprint density at radius 3 is 3.10 bits per heavy atom. The maximum atomic E-state index is 13.2. The Hall–Kier alpha value is -1.88. The first kappa shape index (κ1) is 13.1. The van der Waals surface area contributed by atoms with Gasteiger partial charge in [-0.3, -0.25) is 4.79 Å². The number of aromatic nitrogens is 2. The van der Waals surface area contributed by atoms with Gasteiger partial charge in [0.25, 0.3) is 5.56 Å². The van der Waals surface area contributed by atoms with Crippen molar-refractivity contribution in [3.8, 4) is 0 Å². The highest BCUT2D eigenvalue weighted by molar-refractivity contribution is 6.31. The molecule has 0 bridgehead atoms. The standard InChI is InChI=1S/C14H13ClFN3O/c15-11-4-3-10(16)6-9(11)8-19-14(20)7-13-12(18-19)2-1-5-17-13/h3-4,6-7,17H,1-2,5,8H2. The molecular weight excluding hydrogens is 281 g/mol. The van der Waals surface area contributed by atoms with E-state index in [1.54, 1.807) is 0 Å². The Labute approximate surface area is 120 Å². The summed E-state index contributed by atoms with van der Waals surface area (Å²) < 4.78 is 14.6. The highest BCUT2D eigenvalue weighted by Gasteiger charge is 2.13. The van der Waals surface area contributed by atoms with Crippen molar-refractivity contribution in [3.63, 3.8) is 0 Å². The van der Waals surface area contributed by atoms with E-state index in [1.807, 2.05) is 0 Å². The molecular formula is C14H13ClFN3O. The molecule has 2 aromatic rings. The molecule has 20 heavy (non-hydrogen) atoms. The Kier molecular flexibility index (Phi) is 3.44. The fourth-order valence-electron chi connectivity index (χ4n) is 2.29. The number of nitrogens with zero attached hydrogens (tertiary/aromatic N) is 2. The molecule has 0 radical (unpaired) electrons. The van der Waals surface area contributed by atoms with E-state index in [2.05, 4.69) is 10.4 Å². The minimum Gasteiger partial charge on any atom is -0.383 e. The van der Waals surface area contributed by atoms with E-state index in [0.717, 1.165) is 30.8 Å². The van der Waals surface area contributed by atoms with Crippen LogP contribution in [-0.2, 0) is 13.0 Å². The second kappa shape index (κ2) is 5.25. The molecule has 0 fully saturated rings. The molecule has 0 saturated heterocycles. The van der Waals surface area contributed by atoms with Crippen molar-refractivity contribution in [2.75, 3.05) is 11.9 Å². The summed E-state index contributed by atoms with van der Waals surface area (Å²) in [5.41, 5.74) is 1.98. The third-order valence-electron chi connectivity index (χ3n) is 3.31. The minimum atomic E-state index is -0.378. The Bertz CT molecular complexity index is 714. The average Bonchev–Trinajstić information content (AvgIpc) is 2.43. The molecule has 1 aliphatic heterocycles. The van der Waals surface area contributed by atoms with E-state index in [0.29, 0.717) is 10.6 Å². The predicted molar refractivity (Wildman–Crippen MR) is 75.8 cm³/mol. The van der Waals surface area contributed by atoms with Crippen LogP contribution in [-0.4, -0.2) is 16.3 Å². The van der Waals surface area contributed by atoms with Crippen molar-refractivity contribution in [2.45, 2.75) is 19.4 Å². The van der Waals surface area contributed by atoms with E-state index in [-0.39, 0.29) is 17.9 Å². The monoisotopic (exact) mass is 293 g/mol. The highest BCUT2D eigenvalue weighted by Crippen LogP contribution is 2.19. The number of halogens is 2. The van der Waals surface area contributed by atoms with Gasteiger partial charge in [0.2, 0.25) is 0 Å². The zero-order valence-electron chi connectivity index (χ0n) is 10.7. The van der Waals surface area contributed by atoms with Crippen LogP contribution in [0.15, 0.2) is 29.1 Å². The summed E-state index contributed by atoms with van der Waals surface area (Å²) in [5, 5.41) is 7.92. The van der Waals surface area contributed by atoms with E-state index in [9.17, 15) is 9.18 Å². The molecule has 104 valence electrons. The maximum Gasteiger partial charge on any atom is 0.269 e. The van der Waals surface area contributed by atoms with E-state index in [4.69, 9.17) is 11.6 Å². The maximum absolute atomic E-state index is 13.2. The third kappa shape index (κ3) is 2.54. The van der Waals surface area contributed by atoms with Gasteiger partial charge >= 0.3 is 0 Å². The number of benzene rings is 1. The zero-order valence-corrected chi connectivity index (χ0v) is 11.5. The molecule has 0 spiro atoms. The lowest BCUT2D eigenvalue weighted by molar-refractivity contribution is 0.596. The van der Waals surface area contributed by atoms with Crippen molar-refractivity contribution < 1.29 is 4.39 Å². The van der Waals surface area contributed by atoms with Gasteiger partial charge in [-0.2, -0.15) is 5.10 Å². The molecule has 1 aliphatic rings. The Balaban J connectivity index is 1.98. The topological polar surface area (TPSA) is 46.9 Å². The van der Waals surface area contributed by atoms with Gasteiger partial charge in [0.05, 0.1) is 17.9 Å². The third-order valence-corrected chi connectivity index (χ3v) is 3.68. The summed E-state index contributed by atoms with van der Waals surface area (Å²) in [5.74, 6) is -0.378. The normalized spacial score (nSPS) is 13.7. The lowest BCUT2D eigenvalue weighted by Gasteiger charge is -2.18. The zero-order chi connectivity index (χ0) is 14.1. The summed E-state index contributed by atoms with van der Waals surface area (Å²) in [6.07, 6.45) is 1.82. The van der Waals surface area contributed by atoms with Gasteiger partial charge in [0.1, 0.15) is 5.82 Å². The molecule has 6 heteroatoms. The Morgan fingerprint density at radius 1 is 1.40 bits per heavy atom. The summed E-state index contributed by atoms with van der Waals surface area (Å²) >= 11 is 6.02. The number of anilines is 1. The van der Waals surface area contributed by atoms with Gasteiger partial charge in [-0.05, 0) is 36.6 Å². The van der Waals surface area contributed by atoms with Gasteiger partial charge in [0, 0.05) is 17.6 Å². The van der Waals surface area contributed by atoms with Crippen LogP contribution in [0.5, 0.6) is 0 Å². The number of fused-ring (bicyclic) bond motifs is 1. The summed E-state index contributed by atoms with van der Waals surface area (Å²) in [6.45, 7) is 1.02. The van der Waals surface area contributed by atoms with Crippen molar-refractivity contribution in [3.05, 3.63) is 56.7 Å². The number of hydrogen-bond donors (Lipinski definition) is 1. The molecule has 0 atom stereocenters. The molecule has 0 amide bonds. The molecule has 3 rings (SSSR count). The summed E-state index contributed by atoms with van der Waals surface area (Å²) in [6, 6.07) is 5.64. The van der Waals surface area contributed by atoms with Crippen LogP contribution < -0.4 is 10.9 Å². The fraction of sp³-hybridized carbons (Fsp3) is 0.286. The van der Waals surface area contributed by atoms with Crippen molar-refractivity contribution in [1.29, 1.82) is 0 Å². The van der Waals surface area contributed by atoms with Crippen LogP contribution in [0.3, 0.4) is 0 Å². The van der Waals surface area contributed by atoms with Crippen LogP contribution >= 0.6 is 11.6 Å². The average molecular weight is 294 g/mol. The lowest BCUT2D eigenvalue weighted by Crippen LogP contribution is -2.27. The highest BCUT2D eigenvalue weighted by atomic mass is 35.5.